The van der Waals surface area contributed by atoms with Crippen LogP contribution >= 0.6 is 23.2 Å². The van der Waals surface area contributed by atoms with Gasteiger partial charge in [0.15, 0.2) is 5.60 Å². The summed E-state index contributed by atoms with van der Waals surface area (Å²) in [5, 5.41) is 3.39. The minimum Gasteiger partial charge on any atom is -0.478 e. The van der Waals surface area contributed by atoms with Crippen molar-refractivity contribution in [1.82, 2.24) is 4.31 Å². The van der Waals surface area contributed by atoms with Crippen LogP contribution in [-0.4, -0.2) is 37.3 Å². The minimum atomic E-state index is -3.71. The van der Waals surface area contributed by atoms with Gasteiger partial charge in [-0.2, -0.15) is 4.31 Å². The number of nitrogens with zero attached hydrogens (tertiary/aromatic N) is 1. The summed E-state index contributed by atoms with van der Waals surface area (Å²) in [5.74, 6) is 0.0576. The molecular weight excluding hydrogens is 435 g/mol. The van der Waals surface area contributed by atoms with Gasteiger partial charge in [-0.3, -0.25) is 4.79 Å². The third-order valence-electron chi connectivity index (χ3n) is 4.61. The number of nitrogens with one attached hydrogen (secondary N) is 1. The fourth-order valence-corrected chi connectivity index (χ4v) is 5.12. The summed E-state index contributed by atoms with van der Waals surface area (Å²) in [7, 11) is -3.71. The summed E-state index contributed by atoms with van der Waals surface area (Å²) in [6.45, 7) is 4.18. The van der Waals surface area contributed by atoms with Crippen molar-refractivity contribution in [3.8, 4) is 5.75 Å². The quantitative estimate of drug-likeness (QED) is 0.690. The lowest BCUT2D eigenvalue weighted by atomic mass is 10.1. The molecule has 1 aliphatic heterocycles. The molecule has 1 saturated heterocycles. The molecule has 29 heavy (non-hydrogen) atoms. The Hall–Kier alpha value is -1.80. The van der Waals surface area contributed by atoms with Crippen molar-refractivity contribution < 1.29 is 17.9 Å². The van der Waals surface area contributed by atoms with E-state index in [9.17, 15) is 13.2 Å². The van der Waals surface area contributed by atoms with E-state index < -0.39 is 21.5 Å². The second-order valence-electron chi connectivity index (χ2n) is 7.28. The summed E-state index contributed by atoms with van der Waals surface area (Å²) in [4.78, 5) is 12.7. The molecule has 0 atom stereocenters. The predicted molar refractivity (Wildman–Crippen MR) is 114 cm³/mol. The van der Waals surface area contributed by atoms with Crippen molar-refractivity contribution in [1.29, 1.82) is 0 Å². The van der Waals surface area contributed by atoms with Crippen LogP contribution in [0.1, 0.15) is 26.7 Å². The summed E-state index contributed by atoms with van der Waals surface area (Å²) in [5.41, 5.74) is -0.883. The highest BCUT2D eigenvalue weighted by Crippen LogP contribution is 2.30. The molecule has 1 N–H and O–H groups in total. The van der Waals surface area contributed by atoms with E-state index in [-0.39, 0.29) is 9.92 Å². The first-order valence-electron chi connectivity index (χ1n) is 9.15. The van der Waals surface area contributed by atoms with Crippen LogP contribution < -0.4 is 10.1 Å². The van der Waals surface area contributed by atoms with Gasteiger partial charge in [0.25, 0.3) is 5.91 Å². The Kier molecular flexibility index (Phi) is 6.43. The smallest absolute Gasteiger partial charge is 0.267 e. The maximum Gasteiger partial charge on any atom is 0.267 e. The molecule has 0 bridgehead atoms. The standard InChI is InChI=1S/C20H22Cl2N2O4S/c1-20(2,28-16-8-5-14(21)6-9-16)19(25)23-15-7-10-17(22)18(13-15)29(26,27)24-11-3-4-12-24/h5-10,13H,3-4,11-12H2,1-2H3,(H,23,25). The maximum atomic E-state index is 12.9. The van der Waals surface area contributed by atoms with Crippen LogP contribution in [0.4, 0.5) is 5.69 Å². The molecule has 2 aromatic rings. The van der Waals surface area contributed by atoms with Gasteiger partial charge in [-0.1, -0.05) is 23.2 Å². The minimum absolute atomic E-state index is 0.0182. The van der Waals surface area contributed by atoms with E-state index in [1.54, 1.807) is 44.2 Å². The average molecular weight is 457 g/mol. The van der Waals surface area contributed by atoms with E-state index in [4.69, 9.17) is 27.9 Å². The van der Waals surface area contributed by atoms with Gasteiger partial charge in [-0.25, -0.2) is 8.42 Å². The highest BCUT2D eigenvalue weighted by atomic mass is 35.5. The summed E-state index contributed by atoms with van der Waals surface area (Å²) < 4.78 is 32.9. The Bertz CT molecular complexity index is 1000. The summed E-state index contributed by atoms with van der Waals surface area (Å²) in [6, 6.07) is 11.1. The summed E-state index contributed by atoms with van der Waals surface area (Å²) >= 11 is 12.0. The highest BCUT2D eigenvalue weighted by molar-refractivity contribution is 7.89. The van der Waals surface area contributed by atoms with Gasteiger partial charge in [0.2, 0.25) is 10.0 Å². The van der Waals surface area contributed by atoms with Crippen molar-refractivity contribution in [2.75, 3.05) is 18.4 Å². The predicted octanol–water partition coefficient (Wildman–Crippen LogP) is 4.57. The van der Waals surface area contributed by atoms with Crippen molar-refractivity contribution in [3.63, 3.8) is 0 Å². The molecule has 1 heterocycles. The van der Waals surface area contributed by atoms with E-state index in [0.29, 0.717) is 29.5 Å². The number of ether oxygens (including phenoxy) is 1. The maximum absolute atomic E-state index is 12.9. The Balaban J connectivity index is 1.78. The topological polar surface area (TPSA) is 75.7 Å². The van der Waals surface area contributed by atoms with Crippen LogP contribution in [0.5, 0.6) is 5.75 Å². The van der Waals surface area contributed by atoms with E-state index in [0.717, 1.165) is 12.8 Å². The molecule has 3 rings (SSSR count). The molecule has 0 saturated carbocycles. The second-order valence-corrected chi connectivity index (χ2v) is 10.0. The molecule has 0 unspecified atom stereocenters. The van der Waals surface area contributed by atoms with Crippen LogP contribution in [0, 0.1) is 0 Å². The van der Waals surface area contributed by atoms with E-state index in [1.807, 2.05) is 0 Å². The number of halogens is 2. The number of sulfonamides is 1. The van der Waals surface area contributed by atoms with Crippen molar-refractivity contribution >= 4 is 44.8 Å². The first-order chi connectivity index (χ1) is 13.6. The molecule has 1 amide bonds. The zero-order valence-electron chi connectivity index (χ0n) is 16.1. The number of anilines is 1. The fraction of sp³-hybridized carbons (Fsp3) is 0.350. The van der Waals surface area contributed by atoms with E-state index in [1.165, 1.54) is 16.4 Å². The van der Waals surface area contributed by atoms with Gasteiger partial charge in [0.1, 0.15) is 10.6 Å². The Morgan fingerprint density at radius 2 is 1.69 bits per heavy atom. The molecule has 2 aromatic carbocycles. The van der Waals surface area contributed by atoms with Crippen molar-refractivity contribution in [2.24, 2.45) is 0 Å². The van der Waals surface area contributed by atoms with Crippen LogP contribution in [-0.2, 0) is 14.8 Å². The monoisotopic (exact) mass is 456 g/mol. The Labute approximate surface area is 180 Å². The lowest BCUT2D eigenvalue weighted by molar-refractivity contribution is -0.128. The number of carbonyl (C=O) groups is 1. The number of carbonyl (C=O) groups excluding carboxylic acids is 1. The van der Waals surface area contributed by atoms with Crippen LogP contribution in [0.25, 0.3) is 0 Å². The van der Waals surface area contributed by atoms with E-state index >= 15 is 0 Å². The first kappa shape index (κ1) is 21.9. The second kappa shape index (κ2) is 8.52. The largest absolute Gasteiger partial charge is 0.478 e. The Morgan fingerprint density at radius 1 is 1.07 bits per heavy atom. The molecule has 156 valence electrons. The van der Waals surface area contributed by atoms with Crippen LogP contribution in [0.2, 0.25) is 10.0 Å². The number of amides is 1. The van der Waals surface area contributed by atoms with Gasteiger partial charge in [-0.05, 0) is 69.2 Å². The molecular formula is C20H22Cl2N2O4S. The molecule has 1 fully saturated rings. The molecule has 9 heteroatoms. The number of hydrogen-bond donors (Lipinski definition) is 1. The van der Waals surface area contributed by atoms with E-state index in [2.05, 4.69) is 5.32 Å². The Morgan fingerprint density at radius 3 is 2.31 bits per heavy atom. The molecule has 1 aliphatic rings. The highest BCUT2D eigenvalue weighted by Gasteiger charge is 2.32. The van der Waals surface area contributed by atoms with Gasteiger partial charge >= 0.3 is 0 Å². The van der Waals surface area contributed by atoms with Crippen LogP contribution in [0.3, 0.4) is 0 Å². The molecule has 0 aromatic heterocycles. The van der Waals surface area contributed by atoms with Gasteiger partial charge < -0.3 is 10.1 Å². The summed E-state index contributed by atoms with van der Waals surface area (Å²) in [6.07, 6.45) is 1.65. The van der Waals surface area contributed by atoms with Crippen molar-refractivity contribution in [2.45, 2.75) is 37.2 Å². The number of rotatable bonds is 6. The number of hydrogen-bond acceptors (Lipinski definition) is 4. The van der Waals surface area contributed by atoms with Gasteiger partial charge in [0, 0.05) is 23.8 Å². The van der Waals surface area contributed by atoms with Crippen molar-refractivity contribution in [3.05, 3.63) is 52.5 Å². The lowest BCUT2D eigenvalue weighted by Gasteiger charge is -2.25. The molecule has 0 radical (unpaired) electrons. The third-order valence-corrected chi connectivity index (χ3v) is 7.24. The molecule has 6 nitrogen and oxygen atoms in total. The van der Waals surface area contributed by atoms with Crippen LogP contribution in [0.15, 0.2) is 47.4 Å². The molecule has 0 aliphatic carbocycles. The number of benzene rings is 2. The lowest BCUT2D eigenvalue weighted by Crippen LogP contribution is -2.42. The normalized spacial score (nSPS) is 15.3. The first-order valence-corrected chi connectivity index (χ1v) is 11.3. The fourth-order valence-electron chi connectivity index (χ4n) is 2.97. The zero-order valence-corrected chi connectivity index (χ0v) is 18.4. The SMILES string of the molecule is CC(C)(Oc1ccc(Cl)cc1)C(=O)Nc1ccc(Cl)c(S(=O)(=O)N2CCCC2)c1. The zero-order chi connectivity index (χ0) is 21.2. The molecule has 0 spiro atoms. The van der Waals surface area contributed by atoms with Gasteiger partial charge in [-0.15, -0.1) is 0 Å². The van der Waals surface area contributed by atoms with Gasteiger partial charge in [0.05, 0.1) is 5.02 Å². The average Bonchev–Trinajstić information content (AvgIpc) is 3.20. The third kappa shape index (κ3) is 5.04.